The average molecular weight is 284 g/mol. The monoisotopic (exact) mass is 284 g/mol. The van der Waals surface area contributed by atoms with Crippen molar-refractivity contribution in [2.75, 3.05) is 19.6 Å². The van der Waals surface area contributed by atoms with Gasteiger partial charge in [-0.2, -0.15) is 0 Å². The summed E-state index contributed by atoms with van der Waals surface area (Å²) in [6.45, 7) is 6.23. The summed E-state index contributed by atoms with van der Waals surface area (Å²) in [5.41, 5.74) is 0. The van der Waals surface area contributed by atoms with Crippen molar-refractivity contribution in [3.05, 3.63) is 0 Å². The van der Waals surface area contributed by atoms with E-state index < -0.39 is 5.97 Å². The first-order valence-corrected chi connectivity index (χ1v) is 7.14. The third kappa shape index (κ3) is 4.21. The fourth-order valence-corrected chi connectivity index (χ4v) is 2.49. The lowest BCUT2D eigenvalue weighted by atomic mass is 9.94. The molecule has 0 radical (unpaired) electrons. The van der Waals surface area contributed by atoms with E-state index in [0.29, 0.717) is 25.9 Å². The highest BCUT2D eigenvalue weighted by molar-refractivity contribution is 5.83. The van der Waals surface area contributed by atoms with E-state index >= 15 is 0 Å². The van der Waals surface area contributed by atoms with Gasteiger partial charge in [0.1, 0.15) is 6.54 Å². The number of carbonyl (C=O) groups excluding carboxylic acids is 2. The van der Waals surface area contributed by atoms with Crippen LogP contribution in [0.4, 0.5) is 0 Å². The molecule has 20 heavy (non-hydrogen) atoms. The maximum Gasteiger partial charge on any atom is 0.323 e. The number of nitrogens with zero attached hydrogens (tertiary/aromatic N) is 2. The minimum Gasteiger partial charge on any atom is -0.480 e. The minimum absolute atomic E-state index is 0.0280. The van der Waals surface area contributed by atoms with Crippen molar-refractivity contribution in [1.29, 1.82) is 0 Å². The van der Waals surface area contributed by atoms with E-state index in [0.717, 1.165) is 6.42 Å². The molecule has 0 aromatic heterocycles. The van der Waals surface area contributed by atoms with Gasteiger partial charge < -0.3 is 14.9 Å². The van der Waals surface area contributed by atoms with E-state index in [1.807, 2.05) is 13.8 Å². The lowest BCUT2D eigenvalue weighted by Crippen LogP contribution is -2.48. The van der Waals surface area contributed by atoms with E-state index in [9.17, 15) is 14.4 Å². The number of aliphatic carboxylic acids is 1. The van der Waals surface area contributed by atoms with Crippen LogP contribution >= 0.6 is 0 Å². The van der Waals surface area contributed by atoms with Crippen LogP contribution in [0.15, 0.2) is 0 Å². The van der Waals surface area contributed by atoms with Gasteiger partial charge in [-0.05, 0) is 26.2 Å². The second-order valence-corrected chi connectivity index (χ2v) is 5.40. The average Bonchev–Trinajstić information content (AvgIpc) is 2.43. The van der Waals surface area contributed by atoms with Gasteiger partial charge in [0.25, 0.3) is 0 Å². The Balaban J connectivity index is 2.66. The second kappa shape index (κ2) is 7.26. The largest absolute Gasteiger partial charge is 0.480 e. The van der Waals surface area contributed by atoms with Crippen molar-refractivity contribution in [1.82, 2.24) is 9.80 Å². The van der Waals surface area contributed by atoms with Gasteiger partial charge in [-0.25, -0.2) is 0 Å². The van der Waals surface area contributed by atoms with Gasteiger partial charge in [0, 0.05) is 32.0 Å². The molecule has 6 nitrogen and oxygen atoms in total. The molecular formula is C14H24N2O4. The summed E-state index contributed by atoms with van der Waals surface area (Å²) in [5.74, 6) is -1.22. The van der Waals surface area contributed by atoms with Crippen LogP contribution in [0.1, 0.15) is 40.0 Å². The number of carboxylic acid groups (broad SMARTS) is 1. The van der Waals surface area contributed by atoms with Crippen LogP contribution in [-0.2, 0) is 14.4 Å². The van der Waals surface area contributed by atoms with Crippen LogP contribution in [0, 0.1) is 5.92 Å². The molecule has 114 valence electrons. The molecule has 0 aliphatic carbocycles. The summed E-state index contributed by atoms with van der Waals surface area (Å²) in [5, 5.41) is 8.94. The molecule has 0 saturated carbocycles. The Morgan fingerprint density at radius 1 is 1.30 bits per heavy atom. The highest BCUT2D eigenvalue weighted by atomic mass is 16.4. The van der Waals surface area contributed by atoms with Gasteiger partial charge in [-0.3, -0.25) is 14.4 Å². The molecule has 1 aliphatic rings. The molecular weight excluding hydrogens is 260 g/mol. The number of rotatable bonds is 5. The fourth-order valence-electron chi connectivity index (χ4n) is 2.49. The Labute approximate surface area is 119 Å². The van der Waals surface area contributed by atoms with Crippen molar-refractivity contribution >= 4 is 17.8 Å². The van der Waals surface area contributed by atoms with Crippen LogP contribution in [0.3, 0.4) is 0 Å². The summed E-state index contributed by atoms with van der Waals surface area (Å²) >= 11 is 0. The molecule has 1 heterocycles. The summed E-state index contributed by atoms with van der Waals surface area (Å²) < 4.78 is 0. The van der Waals surface area contributed by atoms with E-state index in [1.54, 1.807) is 4.90 Å². The molecule has 1 unspecified atom stereocenters. The minimum atomic E-state index is -0.986. The third-order valence-electron chi connectivity index (χ3n) is 4.00. The van der Waals surface area contributed by atoms with Crippen LogP contribution in [-0.4, -0.2) is 58.4 Å². The van der Waals surface area contributed by atoms with Crippen LogP contribution < -0.4 is 0 Å². The van der Waals surface area contributed by atoms with Gasteiger partial charge in [0.15, 0.2) is 0 Å². The number of amides is 2. The summed E-state index contributed by atoms with van der Waals surface area (Å²) in [6.07, 6.45) is 1.96. The van der Waals surface area contributed by atoms with E-state index in [1.165, 1.54) is 11.8 Å². The molecule has 2 amide bonds. The maximum atomic E-state index is 12.5. The molecule has 1 rings (SSSR count). The van der Waals surface area contributed by atoms with Gasteiger partial charge in [0.05, 0.1) is 0 Å². The molecule has 0 bridgehead atoms. The first-order chi connectivity index (χ1) is 9.36. The zero-order valence-corrected chi connectivity index (χ0v) is 12.5. The van der Waals surface area contributed by atoms with E-state index in [-0.39, 0.29) is 30.3 Å². The van der Waals surface area contributed by atoms with Gasteiger partial charge >= 0.3 is 5.97 Å². The summed E-state index contributed by atoms with van der Waals surface area (Å²) in [4.78, 5) is 37.8. The van der Waals surface area contributed by atoms with Crippen molar-refractivity contribution in [2.24, 2.45) is 5.92 Å². The Morgan fingerprint density at radius 2 is 1.85 bits per heavy atom. The predicted octanol–water partition coefficient (Wildman–Crippen LogP) is 0.957. The molecule has 1 fully saturated rings. The van der Waals surface area contributed by atoms with Gasteiger partial charge in [-0.15, -0.1) is 0 Å². The van der Waals surface area contributed by atoms with Gasteiger partial charge in [0.2, 0.25) is 11.8 Å². The standard InChI is InChI=1S/C14H24N2O4/c1-4-10(2)16(9-13(18)19)14(20)12-5-7-15(8-6-12)11(3)17/h10,12H,4-9H2,1-3H3,(H,18,19). The molecule has 1 N–H and O–H groups in total. The molecule has 0 aromatic carbocycles. The highest BCUT2D eigenvalue weighted by Gasteiger charge is 2.31. The quantitative estimate of drug-likeness (QED) is 0.815. The fraction of sp³-hybridized carbons (Fsp3) is 0.786. The predicted molar refractivity (Wildman–Crippen MR) is 74.1 cm³/mol. The number of hydrogen-bond acceptors (Lipinski definition) is 3. The third-order valence-corrected chi connectivity index (χ3v) is 4.00. The van der Waals surface area contributed by atoms with Crippen LogP contribution in [0.25, 0.3) is 0 Å². The molecule has 6 heteroatoms. The van der Waals surface area contributed by atoms with Crippen molar-refractivity contribution < 1.29 is 19.5 Å². The number of piperidine rings is 1. The normalized spacial score (nSPS) is 17.6. The molecule has 0 spiro atoms. The first-order valence-electron chi connectivity index (χ1n) is 7.14. The Hall–Kier alpha value is -1.59. The van der Waals surface area contributed by atoms with Crippen LogP contribution in [0.5, 0.6) is 0 Å². The summed E-state index contributed by atoms with van der Waals surface area (Å²) in [6, 6.07) is -0.0792. The van der Waals surface area contributed by atoms with Crippen molar-refractivity contribution in [3.63, 3.8) is 0 Å². The highest BCUT2D eigenvalue weighted by Crippen LogP contribution is 2.21. The Kier molecular flexibility index (Phi) is 5.98. The topological polar surface area (TPSA) is 77.9 Å². The van der Waals surface area contributed by atoms with Crippen LogP contribution in [0.2, 0.25) is 0 Å². The second-order valence-electron chi connectivity index (χ2n) is 5.40. The molecule has 1 aliphatic heterocycles. The molecule has 1 saturated heterocycles. The van der Waals surface area contributed by atoms with E-state index in [2.05, 4.69) is 0 Å². The maximum absolute atomic E-state index is 12.5. The smallest absolute Gasteiger partial charge is 0.323 e. The van der Waals surface area contributed by atoms with Gasteiger partial charge in [-0.1, -0.05) is 6.92 Å². The lowest BCUT2D eigenvalue weighted by molar-refractivity contribution is -0.149. The lowest BCUT2D eigenvalue weighted by Gasteiger charge is -2.35. The van der Waals surface area contributed by atoms with E-state index in [4.69, 9.17) is 5.11 Å². The number of likely N-dealkylation sites (tertiary alicyclic amines) is 1. The zero-order valence-electron chi connectivity index (χ0n) is 12.5. The number of carbonyl (C=O) groups is 3. The number of hydrogen-bond donors (Lipinski definition) is 1. The van der Waals surface area contributed by atoms with Crippen molar-refractivity contribution in [2.45, 2.75) is 46.1 Å². The first kappa shape index (κ1) is 16.5. The molecule has 0 aromatic rings. The number of carboxylic acids is 1. The SMILES string of the molecule is CCC(C)N(CC(=O)O)C(=O)C1CCN(C(C)=O)CC1. The van der Waals surface area contributed by atoms with Crippen molar-refractivity contribution in [3.8, 4) is 0 Å². The Bertz CT molecular complexity index is 375. The summed E-state index contributed by atoms with van der Waals surface area (Å²) in [7, 11) is 0. The zero-order chi connectivity index (χ0) is 15.3. The molecule has 1 atom stereocenters. The Morgan fingerprint density at radius 3 is 2.25 bits per heavy atom.